The van der Waals surface area contributed by atoms with E-state index in [9.17, 15) is 32.4 Å². The summed E-state index contributed by atoms with van der Waals surface area (Å²) < 4.78 is 22.7. The molecule has 0 aromatic rings. The zero-order chi connectivity index (χ0) is 30.8. The number of hydrogen-bond donors (Lipinski definition) is 4. The van der Waals surface area contributed by atoms with Crippen LogP contribution in [0.5, 0.6) is 0 Å². The van der Waals surface area contributed by atoms with E-state index in [1.54, 1.807) is 6.08 Å². The number of nitrogens with one attached hydrogen (secondary N) is 4. The molecule has 1 saturated heterocycles. The zero-order valence-electron chi connectivity index (χ0n) is 24.8. The molecule has 5 amide bonds. The maximum atomic E-state index is 13.9. The molecule has 1 unspecified atom stereocenters. The number of carbonyl (C=O) groups is 5. The van der Waals surface area contributed by atoms with Crippen molar-refractivity contribution in [3.05, 3.63) is 12.7 Å². The van der Waals surface area contributed by atoms with E-state index >= 15 is 0 Å². The van der Waals surface area contributed by atoms with Crippen LogP contribution in [0, 0.1) is 5.92 Å². The summed E-state index contributed by atoms with van der Waals surface area (Å²) in [6.07, 6.45) is 8.58. The van der Waals surface area contributed by atoms with Crippen molar-refractivity contribution >= 4 is 39.4 Å². The number of ketones is 1. The molecule has 232 valence electrons. The Labute approximate surface area is 243 Å². The van der Waals surface area contributed by atoms with Crippen LogP contribution in [-0.2, 0) is 29.0 Å². The lowest BCUT2D eigenvalue weighted by Crippen LogP contribution is -2.60. The van der Waals surface area contributed by atoms with Crippen LogP contribution in [0.25, 0.3) is 0 Å². The van der Waals surface area contributed by atoms with Crippen LogP contribution in [0.2, 0.25) is 0 Å². The molecular formula is C28H47N5O7S. The van der Waals surface area contributed by atoms with Crippen molar-refractivity contribution in [2.45, 2.75) is 102 Å². The van der Waals surface area contributed by atoms with Crippen molar-refractivity contribution in [3.63, 3.8) is 0 Å². The van der Waals surface area contributed by atoms with E-state index in [1.165, 1.54) is 4.90 Å². The maximum absolute atomic E-state index is 13.9. The Morgan fingerprint density at radius 3 is 2.24 bits per heavy atom. The molecule has 2 rings (SSSR count). The highest BCUT2D eigenvalue weighted by Crippen LogP contribution is 2.29. The second kappa shape index (κ2) is 15.3. The second-order valence-corrected chi connectivity index (χ2v) is 14.4. The number of Topliss-reactive ketones (excluding diaryl/α,β-unsaturated/α-hetero) is 1. The molecule has 1 heterocycles. The number of likely N-dealkylation sites (tertiary alicyclic amines) is 1. The Hall–Kier alpha value is -2.96. The first-order chi connectivity index (χ1) is 19.1. The number of amides is 5. The third kappa shape index (κ3) is 11.4. The molecule has 1 aliphatic heterocycles. The van der Waals surface area contributed by atoms with Crippen LogP contribution in [0.4, 0.5) is 4.79 Å². The summed E-state index contributed by atoms with van der Waals surface area (Å²) in [5.41, 5.74) is -0.496. The van der Waals surface area contributed by atoms with Crippen molar-refractivity contribution in [2.24, 2.45) is 5.92 Å². The first-order valence-corrected chi connectivity index (χ1v) is 16.5. The van der Waals surface area contributed by atoms with E-state index < -0.39 is 57.1 Å². The summed E-state index contributed by atoms with van der Waals surface area (Å²) in [7, 11) is -3.33. The van der Waals surface area contributed by atoms with Crippen LogP contribution >= 0.6 is 0 Å². The monoisotopic (exact) mass is 597 g/mol. The molecule has 12 nitrogen and oxygen atoms in total. The fourth-order valence-electron chi connectivity index (χ4n) is 5.26. The number of rotatable bonds is 13. The third-order valence-electron chi connectivity index (χ3n) is 7.28. The van der Waals surface area contributed by atoms with Gasteiger partial charge in [0.15, 0.2) is 0 Å². The van der Waals surface area contributed by atoms with Crippen LogP contribution in [0.3, 0.4) is 0 Å². The number of allylic oxidation sites excluding steroid dienone is 1. The minimum absolute atomic E-state index is 0.0520. The molecule has 0 bridgehead atoms. The molecule has 2 aliphatic rings. The number of sulfone groups is 1. The highest BCUT2D eigenvalue weighted by molar-refractivity contribution is 7.90. The number of carbonyl (C=O) groups excluding carboxylic acids is 5. The molecule has 1 saturated carbocycles. The van der Waals surface area contributed by atoms with E-state index in [2.05, 4.69) is 27.8 Å². The van der Waals surface area contributed by atoms with Crippen LogP contribution in [0.15, 0.2) is 12.7 Å². The molecule has 0 aromatic carbocycles. The smallest absolute Gasteiger partial charge is 0.315 e. The Morgan fingerprint density at radius 2 is 1.66 bits per heavy atom. The van der Waals surface area contributed by atoms with E-state index in [0.717, 1.165) is 38.4 Å². The van der Waals surface area contributed by atoms with Crippen LogP contribution in [0.1, 0.15) is 78.6 Å². The lowest BCUT2D eigenvalue weighted by atomic mass is 9.83. The summed E-state index contributed by atoms with van der Waals surface area (Å²) in [6, 6.07) is -3.25. The van der Waals surface area contributed by atoms with Gasteiger partial charge in [0.25, 0.3) is 5.91 Å². The summed E-state index contributed by atoms with van der Waals surface area (Å²) in [4.78, 5) is 66.8. The number of nitrogens with zero attached hydrogens (tertiary/aromatic N) is 1. The molecule has 0 aromatic heterocycles. The lowest BCUT2D eigenvalue weighted by molar-refractivity contribution is -0.143. The van der Waals surface area contributed by atoms with Gasteiger partial charge in [0.1, 0.15) is 21.9 Å². The van der Waals surface area contributed by atoms with Crippen molar-refractivity contribution < 1.29 is 32.4 Å². The van der Waals surface area contributed by atoms with Gasteiger partial charge in [0.05, 0.1) is 11.8 Å². The average molecular weight is 598 g/mol. The molecule has 1 aliphatic carbocycles. The highest BCUT2D eigenvalue weighted by atomic mass is 32.2. The van der Waals surface area contributed by atoms with Crippen molar-refractivity contribution in [1.82, 2.24) is 26.2 Å². The quantitative estimate of drug-likeness (QED) is 0.183. The average Bonchev–Trinajstić information content (AvgIpc) is 3.37. The van der Waals surface area contributed by atoms with Gasteiger partial charge in [-0.15, -0.1) is 6.58 Å². The minimum Gasteiger partial charge on any atom is -0.348 e. The zero-order valence-corrected chi connectivity index (χ0v) is 25.6. The highest BCUT2D eigenvalue weighted by Gasteiger charge is 2.42. The Balaban J connectivity index is 2.16. The van der Waals surface area contributed by atoms with Crippen molar-refractivity contribution in [2.75, 3.05) is 25.1 Å². The number of hydrogen-bond acceptors (Lipinski definition) is 7. The SMILES string of the molecule is C=CCCC(NC(=O)[C@@H]1CCCN1C(=O)[C@@H](NC(=O)NC(C)(C)C)C1CCCCC1)C(=O)C(=O)NCCS(C)(=O)=O. The van der Waals surface area contributed by atoms with Gasteiger partial charge in [-0.3, -0.25) is 19.2 Å². The van der Waals surface area contributed by atoms with E-state index in [1.807, 2.05) is 20.8 Å². The van der Waals surface area contributed by atoms with Gasteiger partial charge in [-0.25, -0.2) is 13.2 Å². The standard InChI is InChI=1S/C28H47N5O7S/c1-6-7-14-20(23(34)25(36)29-16-18-41(5,39)40)30-24(35)21-15-11-17-33(21)26(37)22(19-12-9-8-10-13-19)31-27(38)32-28(2,3)4/h6,19-22H,1,7-18H2,2-5H3,(H,29,36)(H,30,35)(H2,31,32,38)/t20?,21-,22-/m0/s1. The van der Waals surface area contributed by atoms with Gasteiger partial charge >= 0.3 is 6.03 Å². The Morgan fingerprint density at radius 1 is 1.00 bits per heavy atom. The van der Waals surface area contributed by atoms with Gasteiger partial charge in [0.2, 0.25) is 17.6 Å². The molecule has 4 N–H and O–H groups in total. The van der Waals surface area contributed by atoms with Gasteiger partial charge in [0, 0.05) is 24.9 Å². The van der Waals surface area contributed by atoms with Crippen LogP contribution in [-0.4, -0.2) is 91.6 Å². The predicted molar refractivity (Wildman–Crippen MR) is 156 cm³/mol. The summed E-state index contributed by atoms with van der Waals surface area (Å²) in [5, 5.41) is 10.7. The summed E-state index contributed by atoms with van der Waals surface area (Å²) in [6.45, 7) is 9.28. The maximum Gasteiger partial charge on any atom is 0.315 e. The molecule has 0 radical (unpaired) electrons. The topological polar surface area (TPSA) is 171 Å². The van der Waals surface area contributed by atoms with Crippen molar-refractivity contribution in [3.8, 4) is 0 Å². The molecule has 0 spiro atoms. The summed E-state index contributed by atoms with van der Waals surface area (Å²) >= 11 is 0. The van der Waals surface area contributed by atoms with E-state index in [4.69, 9.17) is 0 Å². The predicted octanol–water partition coefficient (Wildman–Crippen LogP) is 1.20. The van der Waals surface area contributed by atoms with E-state index in [0.29, 0.717) is 25.8 Å². The van der Waals surface area contributed by atoms with Gasteiger partial charge in [-0.2, -0.15) is 0 Å². The fraction of sp³-hybridized carbons (Fsp3) is 0.750. The lowest BCUT2D eigenvalue weighted by Gasteiger charge is -2.35. The second-order valence-electron chi connectivity index (χ2n) is 12.1. The van der Waals surface area contributed by atoms with Gasteiger partial charge in [-0.1, -0.05) is 25.3 Å². The Kier molecular flexibility index (Phi) is 12.8. The first-order valence-electron chi connectivity index (χ1n) is 14.4. The fourth-order valence-corrected chi connectivity index (χ4v) is 5.74. The molecule has 13 heteroatoms. The molecule has 41 heavy (non-hydrogen) atoms. The normalized spacial score (nSPS) is 19.5. The van der Waals surface area contributed by atoms with Crippen LogP contribution < -0.4 is 21.3 Å². The largest absolute Gasteiger partial charge is 0.348 e. The summed E-state index contributed by atoms with van der Waals surface area (Å²) in [5.74, 6) is -3.14. The van der Waals surface area contributed by atoms with Gasteiger partial charge in [-0.05, 0) is 65.2 Å². The van der Waals surface area contributed by atoms with E-state index in [-0.39, 0.29) is 30.5 Å². The van der Waals surface area contributed by atoms with Crippen molar-refractivity contribution in [1.29, 1.82) is 0 Å². The Bertz CT molecular complexity index is 1080. The third-order valence-corrected chi connectivity index (χ3v) is 8.22. The molecule has 2 fully saturated rings. The molecule has 3 atom stereocenters. The number of urea groups is 1. The van der Waals surface area contributed by atoms with Gasteiger partial charge < -0.3 is 26.2 Å². The first kappa shape index (κ1) is 34.2. The minimum atomic E-state index is -3.33. The molecular weight excluding hydrogens is 550 g/mol.